The molecule has 1 unspecified atom stereocenters. The molecule has 0 amide bonds. The normalized spacial score (nSPS) is 15.3. The zero-order chi connectivity index (χ0) is 38.4. The van der Waals surface area contributed by atoms with E-state index in [-0.39, 0.29) is 36.9 Å². The fourth-order valence-electron chi connectivity index (χ4n) is 5.54. The summed E-state index contributed by atoms with van der Waals surface area (Å²) in [7, 11) is 3.00. The predicted molar refractivity (Wildman–Crippen MR) is 213 cm³/mol. The van der Waals surface area contributed by atoms with Crippen molar-refractivity contribution in [2.45, 2.75) is 138 Å². The number of aliphatic hydroxyl groups is 2. The molecule has 2 aromatic carbocycles. The highest BCUT2D eigenvalue weighted by molar-refractivity contribution is 5.89. The fraction of sp³-hybridized carbons (Fsp3) is 0.545. The highest BCUT2D eigenvalue weighted by Crippen LogP contribution is 2.35. The number of phenols is 2. The van der Waals surface area contributed by atoms with Crippen molar-refractivity contribution in [3.05, 3.63) is 83.0 Å². The van der Waals surface area contributed by atoms with Gasteiger partial charge in [0.1, 0.15) is 5.78 Å². The largest absolute Gasteiger partial charge is 0.504 e. The molecule has 3 atom stereocenters. The van der Waals surface area contributed by atoms with Gasteiger partial charge in [0.2, 0.25) is 0 Å². The number of ether oxygens (including phenoxy) is 2. The van der Waals surface area contributed by atoms with Crippen molar-refractivity contribution in [2.24, 2.45) is 5.92 Å². The monoisotopic (exact) mass is 724 g/mol. The Bertz CT molecular complexity index is 1430. The second-order valence-corrected chi connectivity index (χ2v) is 13.8. The lowest BCUT2D eigenvalue weighted by atomic mass is 9.76. The summed E-state index contributed by atoms with van der Waals surface area (Å²) in [6, 6.07) is 10.2. The SMILES string of the molecule is C.CC(C)=CCC[C@@](C)(O)[C@@H]1CC=C(C)CC1.CC/C=C/C(=O)CCc1ccc(O)c(OC)c1.CCC(O)CC(=O)CCc1ccc(O)c(OC)c1. The predicted octanol–water partition coefficient (Wildman–Crippen LogP) is 9.80. The first-order valence-corrected chi connectivity index (χ1v) is 18.3. The van der Waals surface area contributed by atoms with Crippen molar-refractivity contribution in [1.29, 1.82) is 0 Å². The van der Waals surface area contributed by atoms with Crippen LogP contribution >= 0.6 is 0 Å². The second kappa shape index (κ2) is 26.0. The van der Waals surface area contributed by atoms with Gasteiger partial charge in [0.15, 0.2) is 28.8 Å². The number of aryl methyl sites for hydroxylation is 2. The van der Waals surface area contributed by atoms with Crippen molar-refractivity contribution in [1.82, 2.24) is 0 Å². The Labute approximate surface area is 314 Å². The van der Waals surface area contributed by atoms with E-state index >= 15 is 0 Å². The summed E-state index contributed by atoms with van der Waals surface area (Å²) in [5.41, 5.74) is 4.25. The molecule has 0 saturated carbocycles. The second-order valence-electron chi connectivity index (χ2n) is 13.8. The Kier molecular flexibility index (Phi) is 24.0. The Morgan fingerprint density at radius 1 is 0.962 bits per heavy atom. The number of phenolic OH excluding ortho intramolecular Hbond substituents is 2. The molecular formula is C44H68O8. The van der Waals surface area contributed by atoms with Gasteiger partial charge in [-0.25, -0.2) is 0 Å². The average molecular weight is 725 g/mol. The maximum absolute atomic E-state index is 11.6. The highest BCUT2D eigenvalue weighted by Gasteiger charge is 2.31. The molecule has 0 fully saturated rings. The van der Waals surface area contributed by atoms with Crippen LogP contribution in [0.15, 0.2) is 71.8 Å². The Morgan fingerprint density at radius 2 is 1.52 bits per heavy atom. The number of methoxy groups -OCH3 is 2. The quantitative estimate of drug-likeness (QED) is 0.0936. The van der Waals surface area contributed by atoms with Crippen LogP contribution < -0.4 is 9.47 Å². The van der Waals surface area contributed by atoms with E-state index in [0.29, 0.717) is 49.5 Å². The fourth-order valence-corrected chi connectivity index (χ4v) is 5.54. The van der Waals surface area contributed by atoms with Crippen molar-refractivity contribution < 1.29 is 39.5 Å². The molecule has 8 heteroatoms. The van der Waals surface area contributed by atoms with Crippen LogP contribution in [0.4, 0.5) is 0 Å². The first-order chi connectivity index (χ1) is 24.1. The molecule has 1 aliphatic carbocycles. The van der Waals surface area contributed by atoms with E-state index in [1.807, 2.05) is 26.8 Å². The lowest BCUT2D eigenvalue weighted by molar-refractivity contribution is -0.121. The van der Waals surface area contributed by atoms with Gasteiger partial charge in [-0.1, -0.05) is 62.8 Å². The molecule has 0 aliphatic heterocycles. The summed E-state index contributed by atoms with van der Waals surface area (Å²) in [6.45, 7) is 12.3. The minimum atomic E-state index is -0.535. The number of Topliss-reactive ketones (excluding diaryl/α,β-unsaturated/α-hetero) is 1. The molecule has 0 saturated heterocycles. The lowest BCUT2D eigenvalue weighted by Gasteiger charge is -2.34. The van der Waals surface area contributed by atoms with Crippen LogP contribution in [0.25, 0.3) is 0 Å². The molecule has 8 nitrogen and oxygen atoms in total. The van der Waals surface area contributed by atoms with E-state index < -0.39 is 11.7 Å². The summed E-state index contributed by atoms with van der Waals surface area (Å²) >= 11 is 0. The van der Waals surface area contributed by atoms with Gasteiger partial charge in [-0.3, -0.25) is 9.59 Å². The van der Waals surface area contributed by atoms with E-state index in [0.717, 1.165) is 49.7 Å². The van der Waals surface area contributed by atoms with Gasteiger partial charge in [0.05, 0.1) is 25.9 Å². The maximum atomic E-state index is 11.6. The Morgan fingerprint density at radius 3 is 1.98 bits per heavy atom. The van der Waals surface area contributed by atoms with Gasteiger partial charge in [0, 0.05) is 19.3 Å². The third kappa shape index (κ3) is 19.7. The van der Waals surface area contributed by atoms with Gasteiger partial charge < -0.3 is 29.9 Å². The minimum Gasteiger partial charge on any atom is -0.504 e. The molecule has 2 aromatic rings. The number of rotatable bonds is 17. The number of aromatic hydroxyl groups is 2. The van der Waals surface area contributed by atoms with Crippen molar-refractivity contribution in [3.8, 4) is 23.0 Å². The third-order valence-electron chi connectivity index (χ3n) is 9.04. The maximum Gasteiger partial charge on any atom is 0.160 e. The number of allylic oxidation sites excluding steroid dienone is 6. The molecule has 0 radical (unpaired) electrons. The lowest BCUT2D eigenvalue weighted by Crippen LogP contribution is -2.35. The van der Waals surface area contributed by atoms with Crippen molar-refractivity contribution >= 4 is 11.6 Å². The summed E-state index contributed by atoms with van der Waals surface area (Å²) in [6.07, 6.45) is 16.5. The first-order valence-electron chi connectivity index (χ1n) is 18.3. The van der Waals surface area contributed by atoms with Crippen LogP contribution in [0.1, 0.15) is 124 Å². The van der Waals surface area contributed by atoms with Crippen LogP contribution in [-0.2, 0) is 22.4 Å². The number of benzene rings is 2. The average Bonchev–Trinajstić information content (AvgIpc) is 3.10. The van der Waals surface area contributed by atoms with Gasteiger partial charge in [0.25, 0.3) is 0 Å². The molecule has 52 heavy (non-hydrogen) atoms. The van der Waals surface area contributed by atoms with E-state index in [2.05, 4.69) is 32.9 Å². The van der Waals surface area contributed by atoms with Gasteiger partial charge in [-0.15, -0.1) is 0 Å². The number of hydrogen-bond donors (Lipinski definition) is 4. The van der Waals surface area contributed by atoms with Gasteiger partial charge in [-0.05, 0) is 133 Å². The first kappa shape index (κ1) is 48.1. The summed E-state index contributed by atoms with van der Waals surface area (Å²) < 4.78 is 10.0. The van der Waals surface area contributed by atoms with Crippen LogP contribution in [0.3, 0.4) is 0 Å². The number of carbonyl (C=O) groups excluding carboxylic acids is 2. The molecule has 4 N–H and O–H groups in total. The summed E-state index contributed by atoms with van der Waals surface area (Å²) in [5, 5.41) is 38.7. The minimum absolute atomic E-state index is 0. The zero-order valence-corrected chi connectivity index (χ0v) is 32.3. The van der Waals surface area contributed by atoms with E-state index in [1.54, 1.807) is 42.5 Å². The molecule has 0 aromatic heterocycles. The molecule has 0 bridgehead atoms. The van der Waals surface area contributed by atoms with E-state index in [4.69, 9.17) is 9.47 Å². The summed E-state index contributed by atoms with van der Waals surface area (Å²) in [5.74, 6) is 1.69. The zero-order valence-electron chi connectivity index (χ0n) is 32.3. The van der Waals surface area contributed by atoms with Crippen LogP contribution in [0, 0.1) is 5.92 Å². The molecule has 0 spiro atoms. The Balaban J connectivity index is 0.000000744. The summed E-state index contributed by atoms with van der Waals surface area (Å²) in [4.78, 5) is 23.0. The van der Waals surface area contributed by atoms with E-state index in [1.165, 1.54) is 25.4 Å². The molecular weight excluding hydrogens is 656 g/mol. The van der Waals surface area contributed by atoms with Crippen LogP contribution in [0.5, 0.6) is 23.0 Å². The number of aliphatic hydroxyl groups excluding tert-OH is 1. The number of hydrogen-bond acceptors (Lipinski definition) is 8. The van der Waals surface area contributed by atoms with Crippen molar-refractivity contribution in [2.75, 3.05) is 14.2 Å². The Hall–Kier alpha value is -3.88. The smallest absolute Gasteiger partial charge is 0.160 e. The number of carbonyl (C=O) groups is 2. The topological polar surface area (TPSA) is 134 Å². The molecule has 292 valence electrons. The van der Waals surface area contributed by atoms with Crippen molar-refractivity contribution in [3.63, 3.8) is 0 Å². The van der Waals surface area contributed by atoms with E-state index in [9.17, 15) is 30.0 Å². The molecule has 3 rings (SSSR count). The third-order valence-corrected chi connectivity index (χ3v) is 9.04. The number of ketones is 2. The highest BCUT2D eigenvalue weighted by atomic mass is 16.5. The molecule has 1 aliphatic rings. The molecule has 0 heterocycles. The van der Waals surface area contributed by atoms with Crippen LogP contribution in [-0.4, -0.2) is 57.9 Å². The van der Waals surface area contributed by atoms with Gasteiger partial charge >= 0.3 is 0 Å². The van der Waals surface area contributed by atoms with Crippen LogP contribution in [0.2, 0.25) is 0 Å². The standard InChI is InChI=1S/C15H26O.C14H20O4.C14H18O3.CH4/c1-12(2)6-5-11-15(4,16)14-9-7-13(3)8-10-14;1-3-11(15)9-12(16)6-4-10-5-7-13(17)14(8-10)18-2;1-3-4-5-12(15)8-6-11-7-9-13(16)14(10-11)17-2;/h6-7,14,16H,5,8-11H2,1-4H3;5,7-8,11,15,17H,3-4,6,9H2,1-2H3;4-5,7,9-10,16H,3,6,8H2,1-2H3;1H4/b;;5-4+;/t14-,15-;;;/m1.../s1. The van der Waals surface area contributed by atoms with Gasteiger partial charge in [-0.2, -0.15) is 0 Å².